The second kappa shape index (κ2) is 9.98. The first-order chi connectivity index (χ1) is 14.7. The highest BCUT2D eigenvalue weighted by Crippen LogP contribution is 2.24. The van der Waals surface area contributed by atoms with Gasteiger partial charge in [-0.05, 0) is 54.9 Å². The van der Waals surface area contributed by atoms with Gasteiger partial charge in [-0.2, -0.15) is 0 Å². The van der Waals surface area contributed by atoms with Crippen molar-refractivity contribution in [2.45, 2.75) is 6.42 Å². The first-order valence-electron chi connectivity index (χ1n) is 10.1. The van der Waals surface area contributed by atoms with Crippen molar-refractivity contribution in [1.29, 1.82) is 0 Å². The molecule has 1 aliphatic heterocycles. The molecule has 0 aliphatic carbocycles. The van der Waals surface area contributed by atoms with Crippen LogP contribution < -0.4 is 5.32 Å². The molecule has 30 heavy (non-hydrogen) atoms. The summed E-state index contributed by atoms with van der Waals surface area (Å²) >= 11 is 6.17. The molecule has 7 heteroatoms. The molecule has 0 radical (unpaired) electrons. The molecule has 4 rings (SSSR count). The molecule has 0 atom stereocenters. The molecule has 1 fully saturated rings. The van der Waals surface area contributed by atoms with Gasteiger partial charge in [0.2, 0.25) is 0 Å². The third-order valence-corrected chi connectivity index (χ3v) is 5.25. The highest BCUT2D eigenvalue weighted by Gasteiger charge is 2.10. The van der Waals surface area contributed by atoms with Crippen LogP contribution >= 0.6 is 11.6 Å². The minimum absolute atomic E-state index is 0.257. The maximum atomic E-state index is 13.1. The standard InChI is InChI=1S/C23H24ClFN4O/c24-18-5-8-20-21(16-18)27-22(9-4-17-2-6-19(25)7-3-17)28-23(20)26-10-1-11-29-12-14-30-15-13-29/h2-9,16H,1,10-15H2,(H,26,27,28)/b9-4+. The second-order valence-electron chi connectivity index (χ2n) is 7.21. The van der Waals surface area contributed by atoms with Crippen LogP contribution in [0.1, 0.15) is 17.8 Å². The second-order valence-corrected chi connectivity index (χ2v) is 7.65. The summed E-state index contributed by atoms with van der Waals surface area (Å²) in [6.45, 7) is 5.46. The lowest BCUT2D eigenvalue weighted by molar-refractivity contribution is 0.0378. The van der Waals surface area contributed by atoms with Gasteiger partial charge < -0.3 is 10.1 Å². The van der Waals surface area contributed by atoms with Gasteiger partial charge in [0, 0.05) is 30.0 Å². The Kier molecular flexibility index (Phi) is 6.89. The van der Waals surface area contributed by atoms with E-state index < -0.39 is 0 Å². The Morgan fingerprint density at radius 3 is 2.67 bits per heavy atom. The topological polar surface area (TPSA) is 50.3 Å². The summed E-state index contributed by atoms with van der Waals surface area (Å²) in [5, 5.41) is 5.02. The monoisotopic (exact) mass is 426 g/mol. The number of fused-ring (bicyclic) bond motifs is 1. The number of hydrogen-bond acceptors (Lipinski definition) is 5. The predicted molar refractivity (Wildman–Crippen MR) is 120 cm³/mol. The van der Waals surface area contributed by atoms with Crippen molar-refractivity contribution in [2.75, 3.05) is 44.7 Å². The zero-order valence-electron chi connectivity index (χ0n) is 16.7. The van der Waals surface area contributed by atoms with Gasteiger partial charge in [-0.25, -0.2) is 14.4 Å². The van der Waals surface area contributed by atoms with E-state index in [0.717, 1.165) is 68.1 Å². The Morgan fingerprint density at radius 2 is 1.87 bits per heavy atom. The van der Waals surface area contributed by atoms with Crippen molar-refractivity contribution < 1.29 is 9.13 Å². The van der Waals surface area contributed by atoms with Gasteiger partial charge in [-0.15, -0.1) is 0 Å². The fourth-order valence-electron chi connectivity index (χ4n) is 3.41. The number of rotatable bonds is 7. The van der Waals surface area contributed by atoms with E-state index in [2.05, 4.69) is 20.2 Å². The molecule has 5 nitrogen and oxygen atoms in total. The zero-order chi connectivity index (χ0) is 20.8. The normalized spacial score (nSPS) is 15.1. The maximum absolute atomic E-state index is 13.1. The molecular formula is C23H24ClFN4O. The number of halogens is 2. The summed E-state index contributed by atoms with van der Waals surface area (Å²) in [5.41, 5.74) is 1.66. The number of morpholine rings is 1. The van der Waals surface area contributed by atoms with Gasteiger partial charge in [-0.1, -0.05) is 29.8 Å². The molecule has 0 bridgehead atoms. The zero-order valence-corrected chi connectivity index (χ0v) is 17.4. The molecule has 1 aliphatic rings. The van der Waals surface area contributed by atoms with E-state index in [1.807, 2.05) is 30.4 Å². The molecule has 1 saturated heterocycles. The molecule has 0 amide bonds. The Bertz CT molecular complexity index is 1020. The third kappa shape index (κ3) is 5.53. The van der Waals surface area contributed by atoms with Crippen LogP contribution in [0.3, 0.4) is 0 Å². The van der Waals surface area contributed by atoms with Crippen LogP contribution in [0.4, 0.5) is 10.2 Å². The third-order valence-electron chi connectivity index (χ3n) is 5.02. The van der Waals surface area contributed by atoms with Gasteiger partial charge >= 0.3 is 0 Å². The van der Waals surface area contributed by atoms with Crippen LogP contribution in [0, 0.1) is 5.82 Å². The van der Waals surface area contributed by atoms with E-state index in [4.69, 9.17) is 16.3 Å². The SMILES string of the molecule is Fc1ccc(/C=C/c2nc(NCCCN3CCOCC3)c3ccc(Cl)cc3n2)cc1. The Morgan fingerprint density at radius 1 is 1.07 bits per heavy atom. The average molecular weight is 427 g/mol. The van der Waals surface area contributed by atoms with E-state index in [-0.39, 0.29) is 5.82 Å². The van der Waals surface area contributed by atoms with Gasteiger partial charge in [0.1, 0.15) is 11.6 Å². The lowest BCUT2D eigenvalue weighted by Crippen LogP contribution is -2.37. The number of benzene rings is 2. The van der Waals surface area contributed by atoms with Crippen LogP contribution in [0.15, 0.2) is 42.5 Å². The lowest BCUT2D eigenvalue weighted by atomic mass is 10.2. The summed E-state index contributed by atoms with van der Waals surface area (Å²) < 4.78 is 18.5. The average Bonchev–Trinajstić information content (AvgIpc) is 2.76. The quantitative estimate of drug-likeness (QED) is 0.553. The lowest BCUT2D eigenvalue weighted by Gasteiger charge is -2.26. The molecule has 0 unspecified atom stereocenters. The largest absolute Gasteiger partial charge is 0.379 e. The van der Waals surface area contributed by atoms with Crippen molar-refractivity contribution in [3.05, 3.63) is 64.7 Å². The van der Waals surface area contributed by atoms with Crippen molar-refractivity contribution in [2.24, 2.45) is 0 Å². The highest BCUT2D eigenvalue weighted by molar-refractivity contribution is 6.31. The molecular weight excluding hydrogens is 403 g/mol. The minimum Gasteiger partial charge on any atom is -0.379 e. The molecule has 2 heterocycles. The summed E-state index contributed by atoms with van der Waals surface area (Å²) in [7, 11) is 0. The molecule has 1 aromatic heterocycles. The van der Waals surface area contributed by atoms with E-state index >= 15 is 0 Å². The fraction of sp³-hybridized carbons (Fsp3) is 0.304. The first kappa shape index (κ1) is 20.7. The van der Waals surface area contributed by atoms with Gasteiger partial charge in [-0.3, -0.25) is 4.90 Å². The Hall–Kier alpha value is -2.54. The Labute approximate surface area is 180 Å². The summed E-state index contributed by atoms with van der Waals surface area (Å²) in [5.74, 6) is 1.11. The number of hydrogen-bond donors (Lipinski definition) is 1. The van der Waals surface area contributed by atoms with Gasteiger partial charge in [0.05, 0.1) is 18.7 Å². The van der Waals surface area contributed by atoms with Crippen LogP contribution in [0.25, 0.3) is 23.1 Å². The number of anilines is 1. The summed E-state index contributed by atoms with van der Waals surface area (Å²) in [6, 6.07) is 11.9. The number of nitrogens with one attached hydrogen (secondary N) is 1. The van der Waals surface area contributed by atoms with Crippen molar-refractivity contribution in [1.82, 2.24) is 14.9 Å². The predicted octanol–water partition coefficient (Wildman–Crippen LogP) is 4.73. The van der Waals surface area contributed by atoms with Crippen molar-refractivity contribution in [3.8, 4) is 0 Å². The molecule has 156 valence electrons. The van der Waals surface area contributed by atoms with E-state index in [0.29, 0.717) is 10.8 Å². The number of ether oxygens (including phenoxy) is 1. The van der Waals surface area contributed by atoms with Gasteiger partial charge in [0.15, 0.2) is 5.82 Å². The molecule has 3 aromatic rings. The Balaban J connectivity index is 1.49. The van der Waals surface area contributed by atoms with Crippen LogP contribution in [-0.4, -0.2) is 54.3 Å². The number of aromatic nitrogens is 2. The minimum atomic E-state index is -0.257. The summed E-state index contributed by atoms with van der Waals surface area (Å²) in [4.78, 5) is 11.7. The molecule has 2 aromatic carbocycles. The molecule has 1 N–H and O–H groups in total. The van der Waals surface area contributed by atoms with Crippen LogP contribution in [0.5, 0.6) is 0 Å². The summed E-state index contributed by atoms with van der Waals surface area (Å²) in [6.07, 6.45) is 4.71. The molecule has 0 saturated carbocycles. The first-order valence-corrected chi connectivity index (χ1v) is 10.5. The number of nitrogens with zero attached hydrogens (tertiary/aromatic N) is 3. The van der Waals surface area contributed by atoms with Crippen LogP contribution in [-0.2, 0) is 4.74 Å². The fourth-order valence-corrected chi connectivity index (χ4v) is 3.58. The molecule has 0 spiro atoms. The smallest absolute Gasteiger partial charge is 0.154 e. The van der Waals surface area contributed by atoms with E-state index in [1.54, 1.807) is 12.1 Å². The van der Waals surface area contributed by atoms with Gasteiger partial charge in [0.25, 0.3) is 0 Å². The van der Waals surface area contributed by atoms with Crippen LogP contribution in [0.2, 0.25) is 5.02 Å². The van der Waals surface area contributed by atoms with Crippen molar-refractivity contribution >= 4 is 40.5 Å². The maximum Gasteiger partial charge on any atom is 0.154 e. The highest BCUT2D eigenvalue weighted by atomic mass is 35.5. The van der Waals surface area contributed by atoms with E-state index in [9.17, 15) is 4.39 Å². The van der Waals surface area contributed by atoms with E-state index in [1.165, 1.54) is 12.1 Å². The van der Waals surface area contributed by atoms with Crippen molar-refractivity contribution in [3.63, 3.8) is 0 Å².